The van der Waals surface area contributed by atoms with Gasteiger partial charge in [0, 0.05) is 37.3 Å². The number of carbonyl (C=O) groups excluding carboxylic acids is 1. The van der Waals surface area contributed by atoms with Gasteiger partial charge in [0.25, 0.3) is 11.5 Å². The average molecular weight is 507 g/mol. The molecule has 0 saturated carbocycles. The smallest absolute Gasteiger partial charge is 0.386 e. The SMILES string of the molecule is C[C@]1(O)COC2(CCN(C(=O)c3ccc4nc(C(F)(F)F)[nH]c4c3)CC2)C[C@@H]1n1ccc(=O)[nH]c1=O. The minimum absolute atomic E-state index is 0.0325. The number of piperidine rings is 1. The maximum atomic E-state index is 13.1. The van der Waals surface area contributed by atoms with Crippen molar-refractivity contribution in [1.29, 1.82) is 0 Å². The van der Waals surface area contributed by atoms with E-state index in [4.69, 9.17) is 4.74 Å². The number of halogens is 3. The normalized spacial score (nSPS) is 24.4. The van der Waals surface area contributed by atoms with E-state index >= 15 is 0 Å². The van der Waals surface area contributed by atoms with Crippen molar-refractivity contribution in [2.75, 3.05) is 19.7 Å². The number of aromatic amines is 2. The summed E-state index contributed by atoms with van der Waals surface area (Å²) in [7, 11) is 0. The molecule has 3 N–H and O–H groups in total. The van der Waals surface area contributed by atoms with Gasteiger partial charge in [-0.15, -0.1) is 0 Å². The lowest BCUT2D eigenvalue weighted by Crippen LogP contribution is -2.58. The molecule has 13 heteroatoms. The summed E-state index contributed by atoms with van der Waals surface area (Å²) >= 11 is 0. The van der Waals surface area contributed by atoms with Crippen molar-refractivity contribution in [3.8, 4) is 0 Å². The molecule has 4 heterocycles. The largest absolute Gasteiger partial charge is 0.449 e. The van der Waals surface area contributed by atoms with E-state index in [-0.39, 0.29) is 29.1 Å². The third-order valence-corrected chi connectivity index (χ3v) is 7.10. The zero-order chi connectivity index (χ0) is 25.9. The molecule has 1 aromatic carbocycles. The molecule has 2 aliphatic heterocycles. The van der Waals surface area contributed by atoms with E-state index in [1.165, 1.54) is 35.0 Å². The zero-order valence-corrected chi connectivity index (χ0v) is 19.3. The third-order valence-electron chi connectivity index (χ3n) is 7.10. The van der Waals surface area contributed by atoms with Gasteiger partial charge < -0.3 is 19.7 Å². The maximum absolute atomic E-state index is 13.1. The zero-order valence-electron chi connectivity index (χ0n) is 19.3. The van der Waals surface area contributed by atoms with Crippen molar-refractivity contribution in [3.63, 3.8) is 0 Å². The van der Waals surface area contributed by atoms with Gasteiger partial charge >= 0.3 is 11.9 Å². The Labute approximate surface area is 201 Å². The summed E-state index contributed by atoms with van der Waals surface area (Å²) in [5.74, 6) is -1.45. The van der Waals surface area contributed by atoms with Crippen LogP contribution in [0, 0.1) is 0 Å². The molecule has 2 aromatic heterocycles. The molecule has 0 aliphatic carbocycles. The quantitative estimate of drug-likeness (QED) is 0.485. The number of likely N-dealkylation sites (tertiary alicyclic amines) is 1. The van der Waals surface area contributed by atoms with Gasteiger partial charge in [-0.05, 0) is 38.0 Å². The van der Waals surface area contributed by atoms with Crippen LogP contribution in [0.2, 0.25) is 0 Å². The number of amides is 1. The molecule has 0 radical (unpaired) electrons. The number of rotatable bonds is 2. The minimum atomic E-state index is -4.62. The van der Waals surface area contributed by atoms with E-state index in [1.54, 1.807) is 11.8 Å². The van der Waals surface area contributed by atoms with Gasteiger partial charge in [-0.2, -0.15) is 13.2 Å². The van der Waals surface area contributed by atoms with E-state index in [9.17, 15) is 32.7 Å². The molecule has 0 bridgehead atoms. The predicted molar refractivity (Wildman–Crippen MR) is 121 cm³/mol. The molecule has 2 atom stereocenters. The van der Waals surface area contributed by atoms with Crippen LogP contribution in [0.15, 0.2) is 40.1 Å². The number of alkyl halides is 3. The van der Waals surface area contributed by atoms with Crippen molar-refractivity contribution in [3.05, 3.63) is 62.7 Å². The molecule has 0 unspecified atom stereocenters. The Hall–Kier alpha value is -3.45. The van der Waals surface area contributed by atoms with Gasteiger partial charge in [0.15, 0.2) is 0 Å². The summed E-state index contributed by atoms with van der Waals surface area (Å²) in [6, 6.07) is 4.75. The summed E-state index contributed by atoms with van der Waals surface area (Å²) in [4.78, 5) is 46.5. The first kappa shape index (κ1) is 24.3. The lowest BCUT2D eigenvalue weighted by Gasteiger charge is -2.51. The fraction of sp³-hybridized carbons (Fsp3) is 0.478. The highest BCUT2D eigenvalue weighted by molar-refractivity contribution is 5.97. The molecule has 192 valence electrons. The minimum Gasteiger partial charge on any atom is -0.386 e. The van der Waals surface area contributed by atoms with Crippen LogP contribution in [0.5, 0.6) is 0 Å². The van der Waals surface area contributed by atoms with Crippen LogP contribution < -0.4 is 11.2 Å². The number of nitrogens with one attached hydrogen (secondary N) is 2. The van der Waals surface area contributed by atoms with Crippen LogP contribution >= 0.6 is 0 Å². The Kier molecular flexibility index (Phi) is 5.59. The Morgan fingerprint density at radius 2 is 1.92 bits per heavy atom. The van der Waals surface area contributed by atoms with Gasteiger partial charge in [-0.1, -0.05) is 0 Å². The molecule has 2 fully saturated rings. The number of carbonyl (C=O) groups is 1. The Morgan fingerprint density at radius 3 is 2.58 bits per heavy atom. The van der Waals surface area contributed by atoms with E-state index in [0.29, 0.717) is 32.4 Å². The Morgan fingerprint density at radius 1 is 1.19 bits per heavy atom. The maximum Gasteiger partial charge on any atom is 0.449 e. The van der Waals surface area contributed by atoms with Crippen molar-refractivity contribution >= 4 is 16.9 Å². The fourth-order valence-electron chi connectivity index (χ4n) is 5.02. The first-order valence-electron chi connectivity index (χ1n) is 11.4. The number of hydrogen-bond donors (Lipinski definition) is 3. The number of imidazole rings is 1. The second kappa shape index (κ2) is 8.30. The van der Waals surface area contributed by atoms with Crippen LogP contribution in [-0.4, -0.2) is 66.3 Å². The molecule has 5 rings (SSSR count). The third kappa shape index (κ3) is 4.32. The predicted octanol–water partition coefficient (Wildman–Crippen LogP) is 1.82. The standard InChI is InChI=1S/C23H24F3N5O5/c1-21(35)12-36-22(11-16(21)31-7-4-17(32)29-20(31)34)5-8-30(9-6-22)18(33)13-2-3-14-15(10-13)28-19(27-14)23(24,25)26/h2-4,7,10,16,35H,5-6,8-9,11-12H2,1H3,(H,27,28)(H,29,32,34)/t16-,21-/m0/s1. The first-order valence-corrected chi connectivity index (χ1v) is 11.4. The van der Waals surface area contributed by atoms with Crippen LogP contribution in [0.3, 0.4) is 0 Å². The monoisotopic (exact) mass is 507 g/mol. The Bertz CT molecular complexity index is 1430. The molecule has 3 aromatic rings. The summed E-state index contributed by atoms with van der Waals surface area (Å²) in [6.45, 7) is 2.18. The lowest BCUT2D eigenvalue weighted by molar-refractivity contribution is -0.199. The molecular formula is C23H24F3N5O5. The molecule has 1 spiro atoms. The van der Waals surface area contributed by atoms with Crippen LogP contribution in [0.4, 0.5) is 13.2 Å². The number of benzene rings is 1. The number of H-pyrrole nitrogens is 2. The van der Waals surface area contributed by atoms with Crippen molar-refractivity contribution in [2.45, 2.75) is 49.6 Å². The lowest BCUT2D eigenvalue weighted by atomic mass is 9.77. The van der Waals surface area contributed by atoms with E-state index in [2.05, 4.69) is 15.0 Å². The highest BCUT2D eigenvalue weighted by Gasteiger charge is 2.49. The molecule has 2 aliphatic rings. The summed E-state index contributed by atoms with van der Waals surface area (Å²) < 4.78 is 46.2. The van der Waals surface area contributed by atoms with Crippen LogP contribution in [0.1, 0.15) is 48.4 Å². The summed E-state index contributed by atoms with van der Waals surface area (Å²) in [6.07, 6.45) is -2.09. The van der Waals surface area contributed by atoms with Gasteiger partial charge in [0.1, 0.15) is 5.60 Å². The fourth-order valence-corrected chi connectivity index (χ4v) is 5.02. The van der Waals surface area contributed by atoms with Crippen molar-refractivity contribution in [2.24, 2.45) is 0 Å². The highest BCUT2D eigenvalue weighted by Crippen LogP contribution is 2.43. The first-order chi connectivity index (χ1) is 16.9. The van der Waals surface area contributed by atoms with Crippen molar-refractivity contribution in [1.82, 2.24) is 24.4 Å². The second-order valence-corrected chi connectivity index (χ2v) is 9.67. The van der Waals surface area contributed by atoms with Gasteiger partial charge in [0.2, 0.25) is 5.82 Å². The Balaban J connectivity index is 1.32. The molecule has 10 nitrogen and oxygen atoms in total. The number of aliphatic hydroxyl groups is 1. The number of aromatic nitrogens is 4. The number of hydrogen-bond acceptors (Lipinski definition) is 6. The summed E-state index contributed by atoms with van der Waals surface area (Å²) in [5, 5.41) is 10.9. The average Bonchev–Trinajstić information content (AvgIpc) is 3.26. The van der Waals surface area contributed by atoms with Gasteiger partial charge in [-0.25, -0.2) is 9.78 Å². The molecule has 36 heavy (non-hydrogen) atoms. The van der Waals surface area contributed by atoms with E-state index in [0.717, 1.165) is 0 Å². The topological polar surface area (TPSA) is 133 Å². The van der Waals surface area contributed by atoms with E-state index < -0.39 is 40.5 Å². The number of nitrogens with zero attached hydrogens (tertiary/aromatic N) is 3. The number of ether oxygens (including phenoxy) is 1. The molecular weight excluding hydrogens is 483 g/mol. The van der Waals surface area contributed by atoms with E-state index in [1.807, 2.05) is 0 Å². The van der Waals surface area contributed by atoms with Crippen LogP contribution in [-0.2, 0) is 10.9 Å². The van der Waals surface area contributed by atoms with Gasteiger partial charge in [-0.3, -0.25) is 19.1 Å². The second-order valence-electron chi connectivity index (χ2n) is 9.67. The number of fused-ring (bicyclic) bond motifs is 1. The van der Waals surface area contributed by atoms with Crippen molar-refractivity contribution < 1.29 is 27.8 Å². The highest BCUT2D eigenvalue weighted by atomic mass is 19.4. The molecule has 1 amide bonds. The van der Waals surface area contributed by atoms with Crippen LogP contribution in [0.25, 0.3) is 11.0 Å². The molecule has 2 saturated heterocycles. The van der Waals surface area contributed by atoms with Gasteiger partial charge in [0.05, 0.1) is 29.3 Å². The summed E-state index contributed by atoms with van der Waals surface area (Å²) in [5.41, 5.74) is -2.73.